The number of nitrogens with zero attached hydrogens (tertiary/aromatic N) is 2. The Labute approximate surface area is 92.0 Å². The highest BCUT2D eigenvalue weighted by Gasteiger charge is 2.28. The van der Waals surface area contributed by atoms with Crippen molar-refractivity contribution in [1.29, 1.82) is 0 Å². The van der Waals surface area contributed by atoms with Crippen molar-refractivity contribution in [3.63, 3.8) is 0 Å². The van der Waals surface area contributed by atoms with Crippen molar-refractivity contribution >= 4 is 17.6 Å². The summed E-state index contributed by atoms with van der Waals surface area (Å²) in [6, 6.07) is -0.231. The Kier molecular flexibility index (Phi) is 2.93. The first-order chi connectivity index (χ1) is 7.15. The SMILES string of the molecule is O=C(O)C(Cn1cc(Cl)cn1)NC1CC1. The molecule has 0 aromatic carbocycles. The van der Waals surface area contributed by atoms with Gasteiger partial charge >= 0.3 is 5.97 Å². The zero-order valence-electron chi connectivity index (χ0n) is 8.06. The molecule has 1 heterocycles. The first-order valence-electron chi connectivity index (χ1n) is 4.82. The minimum atomic E-state index is -0.853. The number of hydrogen-bond donors (Lipinski definition) is 2. The predicted molar refractivity (Wildman–Crippen MR) is 54.8 cm³/mol. The highest BCUT2D eigenvalue weighted by atomic mass is 35.5. The summed E-state index contributed by atoms with van der Waals surface area (Å²) in [5, 5.41) is 16.5. The largest absolute Gasteiger partial charge is 0.480 e. The fourth-order valence-corrected chi connectivity index (χ4v) is 1.52. The molecule has 0 saturated heterocycles. The van der Waals surface area contributed by atoms with E-state index >= 15 is 0 Å². The zero-order chi connectivity index (χ0) is 10.8. The number of carbonyl (C=O) groups is 1. The minimum Gasteiger partial charge on any atom is -0.480 e. The molecule has 82 valence electrons. The summed E-state index contributed by atoms with van der Waals surface area (Å²) in [5.41, 5.74) is 0. The summed E-state index contributed by atoms with van der Waals surface area (Å²) in [5.74, 6) is -0.853. The Hall–Kier alpha value is -1.07. The quantitative estimate of drug-likeness (QED) is 0.782. The Bertz CT molecular complexity index is 362. The summed E-state index contributed by atoms with van der Waals surface area (Å²) in [7, 11) is 0. The lowest BCUT2D eigenvalue weighted by atomic mass is 10.3. The molecule has 15 heavy (non-hydrogen) atoms. The Morgan fingerprint density at radius 1 is 1.80 bits per heavy atom. The number of halogens is 1. The lowest BCUT2D eigenvalue weighted by molar-refractivity contribution is -0.140. The summed E-state index contributed by atoms with van der Waals surface area (Å²) in [6.45, 7) is 0.304. The molecule has 0 aliphatic heterocycles. The van der Waals surface area contributed by atoms with E-state index in [0.717, 1.165) is 12.8 Å². The van der Waals surface area contributed by atoms with Crippen molar-refractivity contribution in [3.8, 4) is 0 Å². The Balaban J connectivity index is 1.95. The maximum atomic E-state index is 10.9. The van der Waals surface area contributed by atoms with Crippen LogP contribution < -0.4 is 5.32 Å². The Morgan fingerprint density at radius 2 is 2.53 bits per heavy atom. The van der Waals surface area contributed by atoms with Gasteiger partial charge in [-0.25, -0.2) is 0 Å². The van der Waals surface area contributed by atoms with Gasteiger partial charge < -0.3 is 10.4 Å². The molecule has 0 radical (unpaired) electrons. The van der Waals surface area contributed by atoms with Crippen molar-refractivity contribution < 1.29 is 9.90 Å². The molecule has 1 unspecified atom stereocenters. The van der Waals surface area contributed by atoms with E-state index in [1.807, 2.05) is 0 Å². The van der Waals surface area contributed by atoms with Gasteiger partial charge in [0.2, 0.25) is 0 Å². The molecule has 1 atom stereocenters. The van der Waals surface area contributed by atoms with E-state index in [1.165, 1.54) is 10.9 Å². The van der Waals surface area contributed by atoms with Crippen LogP contribution in [-0.2, 0) is 11.3 Å². The molecule has 1 aliphatic carbocycles. The molecule has 2 rings (SSSR count). The van der Waals surface area contributed by atoms with E-state index in [2.05, 4.69) is 10.4 Å². The van der Waals surface area contributed by atoms with Gasteiger partial charge in [-0.15, -0.1) is 0 Å². The second-order valence-electron chi connectivity index (χ2n) is 3.71. The van der Waals surface area contributed by atoms with Gasteiger partial charge in [-0.1, -0.05) is 11.6 Å². The second-order valence-corrected chi connectivity index (χ2v) is 4.15. The number of nitrogens with one attached hydrogen (secondary N) is 1. The third kappa shape index (κ3) is 2.94. The molecule has 1 saturated carbocycles. The summed E-state index contributed by atoms with van der Waals surface area (Å²) < 4.78 is 1.54. The van der Waals surface area contributed by atoms with Gasteiger partial charge in [0.05, 0.1) is 17.8 Å². The fourth-order valence-electron chi connectivity index (χ4n) is 1.36. The summed E-state index contributed by atoms with van der Waals surface area (Å²) >= 11 is 5.69. The molecule has 6 heteroatoms. The fraction of sp³-hybridized carbons (Fsp3) is 0.556. The molecule has 0 bridgehead atoms. The minimum absolute atomic E-state index is 0.304. The van der Waals surface area contributed by atoms with Crippen LogP contribution in [0.2, 0.25) is 5.02 Å². The molecule has 5 nitrogen and oxygen atoms in total. The van der Waals surface area contributed by atoms with Crippen molar-refractivity contribution in [3.05, 3.63) is 17.4 Å². The van der Waals surface area contributed by atoms with Crippen LogP contribution >= 0.6 is 11.6 Å². The van der Waals surface area contributed by atoms with E-state index in [9.17, 15) is 4.79 Å². The van der Waals surface area contributed by atoms with Crippen LogP contribution in [-0.4, -0.2) is 32.9 Å². The first-order valence-corrected chi connectivity index (χ1v) is 5.20. The highest BCUT2D eigenvalue weighted by molar-refractivity contribution is 6.30. The van der Waals surface area contributed by atoms with E-state index in [4.69, 9.17) is 16.7 Å². The van der Waals surface area contributed by atoms with Gasteiger partial charge in [0.1, 0.15) is 6.04 Å². The van der Waals surface area contributed by atoms with Crippen LogP contribution in [0.25, 0.3) is 0 Å². The van der Waals surface area contributed by atoms with Crippen molar-refractivity contribution in [2.24, 2.45) is 0 Å². The highest BCUT2D eigenvalue weighted by Crippen LogP contribution is 2.19. The smallest absolute Gasteiger partial charge is 0.322 e. The maximum absolute atomic E-state index is 10.9. The van der Waals surface area contributed by atoms with Crippen molar-refractivity contribution in [1.82, 2.24) is 15.1 Å². The van der Waals surface area contributed by atoms with Gasteiger partial charge in [0, 0.05) is 12.2 Å². The molecule has 0 spiro atoms. The molecular formula is C9H12ClN3O2. The standard InChI is InChI=1S/C9H12ClN3O2/c10-6-3-11-13(4-6)5-8(9(14)15)12-7-1-2-7/h3-4,7-8,12H,1-2,5H2,(H,14,15). The summed E-state index contributed by atoms with van der Waals surface area (Å²) in [6.07, 6.45) is 5.23. The zero-order valence-corrected chi connectivity index (χ0v) is 8.81. The molecule has 1 aromatic rings. The maximum Gasteiger partial charge on any atom is 0.322 e. The molecule has 0 amide bonds. The van der Waals surface area contributed by atoms with Crippen LogP contribution in [0.15, 0.2) is 12.4 Å². The first kappa shape index (κ1) is 10.4. The molecule has 1 fully saturated rings. The number of carboxylic acids is 1. The van der Waals surface area contributed by atoms with Gasteiger partial charge in [0.25, 0.3) is 0 Å². The number of carboxylic acid groups (broad SMARTS) is 1. The topological polar surface area (TPSA) is 67.1 Å². The van der Waals surface area contributed by atoms with Gasteiger partial charge in [-0.3, -0.25) is 9.48 Å². The van der Waals surface area contributed by atoms with E-state index in [-0.39, 0.29) is 0 Å². The average molecular weight is 230 g/mol. The third-order valence-electron chi connectivity index (χ3n) is 2.28. The van der Waals surface area contributed by atoms with Crippen LogP contribution in [0.5, 0.6) is 0 Å². The Morgan fingerprint density at radius 3 is 3.00 bits per heavy atom. The van der Waals surface area contributed by atoms with Gasteiger partial charge in [0.15, 0.2) is 0 Å². The van der Waals surface area contributed by atoms with E-state index in [1.54, 1.807) is 6.20 Å². The molecular weight excluding hydrogens is 218 g/mol. The van der Waals surface area contributed by atoms with Crippen LogP contribution in [0.4, 0.5) is 0 Å². The molecule has 2 N–H and O–H groups in total. The number of aromatic nitrogens is 2. The number of aliphatic carboxylic acids is 1. The number of hydrogen-bond acceptors (Lipinski definition) is 3. The van der Waals surface area contributed by atoms with Crippen molar-refractivity contribution in [2.75, 3.05) is 0 Å². The van der Waals surface area contributed by atoms with E-state index in [0.29, 0.717) is 17.6 Å². The van der Waals surface area contributed by atoms with Gasteiger partial charge in [-0.05, 0) is 12.8 Å². The van der Waals surface area contributed by atoms with Gasteiger partial charge in [-0.2, -0.15) is 5.10 Å². The van der Waals surface area contributed by atoms with Crippen molar-refractivity contribution in [2.45, 2.75) is 31.5 Å². The molecule has 1 aliphatic rings. The number of rotatable bonds is 5. The lowest BCUT2D eigenvalue weighted by Crippen LogP contribution is -2.41. The van der Waals surface area contributed by atoms with Crippen LogP contribution in [0.3, 0.4) is 0 Å². The second kappa shape index (κ2) is 4.20. The predicted octanol–water partition coefficient (Wildman–Crippen LogP) is 0.742. The van der Waals surface area contributed by atoms with E-state index < -0.39 is 12.0 Å². The third-order valence-corrected chi connectivity index (χ3v) is 2.48. The normalized spacial score (nSPS) is 17.7. The summed E-state index contributed by atoms with van der Waals surface area (Å²) in [4.78, 5) is 10.9. The van der Waals surface area contributed by atoms with Crippen LogP contribution in [0.1, 0.15) is 12.8 Å². The molecule has 1 aromatic heterocycles. The average Bonchev–Trinajstić information content (AvgIpc) is 2.89. The monoisotopic (exact) mass is 229 g/mol. The lowest BCUT2D eigenvalue weighted by Gasteiger charge is -2.13. The van der Waals surface area contributed by atoms with Crippen LogP contribution in [0, 0.1) is 0 Å².